The lowest BCUT2D eigenvalue weighted by Crippen LogP contribution is -2.16. The van der Waals surface area contributed by atoms with Gasteiger partial charge in [0.25, 0.3) is 0 Å². The lowest BCUT2D eigenvalue weighted by atomic mass is 10.1. The molecule has 1 atom stereocenters. The van der Waals surface area contributed by atoms with E-state index in [1.165, 1.54) is 12.1 Å². The predicted molar refractivity (Wildman–Crippen MR) is 89.1 cm³/mol. The quantitative estimate of drug-likeness (QED) is 0.797. The Kier molecular flexibility index (Phi) is 3.42. The summed E-state index contributed by atoms with van der Waals surface area (Å²) < 4.78 is 15.0. The third kappa shape index (κ3) is 2.53. The number of halogens is 1. The van der Waals surface area contributed by atoms with Crippen molar-refractivity contribution in [2.45, 2.75) is 5.37 Å². The third-order valence-electron chi connectivity index (χ3n) is 3.69. The number of hydrogen-bond acceptors (Lipinski definition) is 4. The van der Waals surface area contributed by atoms with E-state index >= 15 is 0 Å². The highest BCUT2D eigenvalue weighted by Crippen LogP contribution is 2.44. The second kappa shape index (κ2) is 5.58. The molecule has 5 nitrogen and oxygen atoms in total. The zero-order chi connectivity index (χ0) is 15.8. The first kappa shape index (κ1) is 14.1. The highest BCUT2D eigenvalue weighted by atomic mass is 32.2. The van der Waals surface area contributed by atoms with Gasteiger partial charge in [-0.15, -0.1) is 11.8 Å². The Labute approximate surface area is 136 Å². The number of aromatic amines is 1. The first-order valence-electron chi connectivity index (χ1n) is 7.11. The second-order valence-corrected chi connectivity index (χ2v) is 6.25. The SMILES string of the molecule is Cn1cc(N2C=CSC2c2cn[nH]c2)c(-c2ccc(F)cc2)n1. The van der Waals surface area contributed by atoms with Crippen LogP contribution in [-0.2, 0) is 7.05 Å². The van der Waals surface area contributed by atoms with E-state index < -0.39 is 0 Å². The average Bonchev–Trinajstić information content (AvgIpc) is 3.27. The molecule has 0 fully saturated rings. The van der Waals surface area contributed by atoms with Crippen molar-refractivity contribution in [3.63, 3.8) is 0 Å². The number of rotatable bonds is 3. The van der Waals surface area contributed by atoms with Gasteiger partial charge in [0.15, 0.2) is 0 Å². The number of thioether (sulfide) groups is 1. The van der Waals surface area contributed by atoms with Crippen LogP contribution in [0.15, 0.2) is 54.5 Å². The Morgan fingerprint density at radius 1 is 1.26 bits per heavy atom. The maximum Gasteiger partial charge on any atom is 0.123 e. The molecule has 0 amide bonds. The van der Waals surface area contributed by atoms with Crippen LogP contribution in [0.2, 0.25) is 0 Å². The molecular formula is C16H14FN5S. The molecule has 0 aliphatic carbocycles. The molecule has 0 saturated heterocycles. The predicted octanol–water partition coefficient (Wildman–Crippen LogP) is 3.67. The molecule has 1 aliphatic rings. The molecular weight excluding hydrogens is 313 g/mol. The summed E-state index contributed by atoms with van der Waals surface area (Å²) >= 11 is 1.71. The van der Waals surface area contributed by atoms with Gasteiger partial charge in [-0.05, 0) is 29.7 Å². The van der Waals surface area contributed by atoms with Crippen molar-refractivity contribution in [1.29, 1.82) is 0 Å². The third-order valence-corrected chi connectivity index (χ3v) is 4.73. The van der Waals surface area contributed by atoms with E-state index in [0.717, 1.165) is 22.5 Å². The van der Waals surface area contributed by atoms with Crippen LogP contribution >= 0.6 is 11.8 Å². The number of H-pyrrole nitrogens is 1. The molecule has 3 heterocycles. The van der Waals surface area contributed by atoms with Crippen LogP contribution in [0.25, 0.3) is 11.3 Å². The Bertz CT molecular complexity index is 838. The minimum atomic E-state index is -0.251. The van der Waals surface area contributed by atoms with E-state index in [9.17, 15) is 4.39 Å². The van der Waals surface area contributed by atoms with Crippen molar-refractivity contribution >= 4 is 17.4 Å². The van der Waals surface area contributed by atoms with Gasteiger partial charge in [-0.1, -0.05) is 0 Å². The molecule has 7 heteroatoms. The Balaban J connectivity index is 1.77. The first-order chi connectivity index (χ1) is 11.2. The van der Waals surface area contributed by atoms with E-state index in [1.54, 1.807) is 28.6 Å². The van der Waals surface area contributed by atoms with E-state index in [1.807, 2.05) is 31.8 Å². The fraction of sp³-hybridized carbons (Fsp3) is 0.125. The smallest absolute Gasteiger partial charge is 0.123 e. The van der Waals surface area contributed by atoms with Crippen LogP contribution in [0.4, 0.5) is 10.1 Å². The molecule has 1 N–H and O–H groups in total. The summed E-state index contributed by atoms with van der Waals surface area (Å²) in [5, 5.41) is 13.6. The molecule has 23 heavy (non-hydrogen) atoms. The summed E-state index contributed by atoms with van der Waals surface area (Å²) in [7, 11) is 1.89. The zero-order valence-electron chi connectivity index (χ0n) is 12.3. The van der Waals surface area contributed by atoms with E-state index in [0.29, 0.717) is 0 Å². The lowest BCUT2D eigenvalue weighted by Gasteiger charge is -2.23. The van der Waals surface area contributed by atoms with Gasteiger partial charge >= 0.3 is 0 Å². The standard InChI is InChI=1S/C16H14FN5S/c1-21-10-14(15(20-21)11-2-4-13(17)5-3-11)22-6-7-23-16(22)12-8-18-19-9-12/h2-10,16H,1H3,(H,18,19). The van der Waals surface area contributed by atoms with Crippen molar-refractivity contribution in [1.82, 2.24) is 20.0 Å². The maximum atomic E-state index is 13.2. The summed E-state index contributed by atoms with van der Waals surface area (Å²) in [4.78, 5) is 2.15. The molecule has 0 saturated carbocycles. The molecule has 1 aromatic carbocycles. The topological polar surface area (TPSA) is 49.7 Å². The van der Waals surface area contributed by atoms with E-state index in [2.05, 4.69) is 25.6 Å². The number of anilines is 1. The molecule has 1 unspecified atom stereocenters. The highest BCUT2D eigenvalue weighted by Gasteiger charge is 2.27. The van der Waals surface area contributed by atoms with Crippen molar-refractivity contribution in [2.24, 2.45) is 7.05 Å². The number of nitrogens with zero attached hydrogens (tertiary/aromatic N) is 4. The van der Waals surface area contributed by atoms with Gasteiger partial charge in [0.1, 0.15) is 16.9 Å². The van der Waals surface area contributed by atoms with Crippen LogP contribution in [0.5, 0.6) is 0 Å². The lowest BCUT2D eigenvalue weighted by molar-refractivity contribution is 0.628. The van der Waals surface area contributed by atoms with Crippen LogP contribution < -0.4 is 4.90 Å². The first-order valence-corrected chi connectivity index (χ1v) is 8.05. The maximum absolute atomic E-state index is 13.2. The molecule has 1 aliphatic heterocycles. The van der Waals surface area contributed by atoms with Gasteiger partial charge in [-0.2, -0.15) is 10.2 Å². The summed E-state index contributed by atoms with van der Waals surface area (Å²) in [6.45, 7) is 0. The van der Waals surface area contributed by atoms with E-state index in [-0.39, 0.29) is 11.2 Å². The van der Waals surface area contributed by atoms with Crippen LogP contribution in [0, 0.1) is 5.82 Å². The Morgan fingerprint density at radius 2 is 2.09 bits per heavy atom. The van der Waals surface area contributed by atoms with Crippen LogP contribution in [0.1, 0.15) is 10.9 Å². The summed E-state index contributed by atoms with van der Waals surface area (Å²) in [5.41, 5.74) is 3.78. The van der Waals surface area contributed by atoms with Gasteiger partial charge < -0.3 is 4.90 Å². The molecule has 0 bridgehead atoms. The highest BCUT2D eigenvalue weighted by molar-refractivity contribution is 8.02. The molecule has 4 rings (SSSR count). The van der Waals surface area contributed by atoms with E-state index in [4.69, 9.17) is 0 Å². The number of nitrogens with one attached hydrogen (secondary N) is 1. The number of aromatic nitrogens is 4. The number of benzene rings is 1. The van der Waals surface area contributed by atoms with Gasteiger partial charge in [-0.25, -0.2) is 4.39 Å². The zero-order valence-corrected chi connectivity index (χ0v) is 13.2. The molecule has 2 aromatic heterocycles. The Morgan fingerprint density at radius 3 is 2.83 bits per heavy atom. The fourth-order valence-corrected chi connectivity index (χ4v) is 3.59. The van der Waals surface area contributed by atoms with Crippen LogP contribution in [0.3, 0.4) is 0 Å². The van der Waals surface area contributed by atoms with Crippen molar-refractivity contribution in [3.8, 4) is 11.3 Å². The normalized spacial score (nSPS) is 17.1. The van der Waals surface area contributed by atoms with Crippen molar-refractivity contribution in [3.05, 3.63) is 65.8 Å². The van der Waals surface area contributed by atoms with Gasteiger partial charge in [0, 0.05) is 36.8 Å². The van der Waals surface area contributed by atoms with Crippen molar-refractivity contribution < 1.29 is 4.39 Å². The molecule has 3 aromatic rings. The molecule has 0 radical (unpaired) electrons. The van der Waals surface area contributed by atoms with Gasteiger partial charge in [0.05, 0.1) is 11.9 Å². The van der Waals surface area contributed by atoms with Crippen LogP contribution in [-0.4, -0.2) is 20.0 Å². The largest absolute Gasteiger partial charge is 0.327 e. The minimum absolute atomic E-state index is 0.108. The molecule has 0 spiro atoms. The molecule has 116 valence electrons. The Hall–Kier alpha value is -2.54. The average molecular weight is 327 g/mol. The monoisotopic (exact) mass is 327 g/mol. The fourth-order valence-electron chi connectivity index (χ4n) is 2.64. The number of aryl methyl sites for hydroxylation is 1. The van der Waals surface area contributed by atoms with Gasteiger partial charge in [-0.3, -0.25) is 9.78 Å². The minimum Gasteiger partial charge on any atom is -0.327 e. The number of hydrogen-bond donors (Lipinski definition) is 1. The van der Waals surface area contributed by atoms with Gasteiger partial charge in [0.2, 0.25) is 0 Å². The van der Waals surface area contributed by atoms with Crippen molar-refractivity contribution in [2.75, 3.05) is 4.90 Å². The second-order valence-electron chi connectivity index (χ2n) is 5.26. The summed E-state index contributed by atoms with van der Waals surface area (Å²) in [6.07, 6.45) is 7.73. The summed E-state index contributed by atoms with van der Waals surface area (Å²) in [6, 6.07) is 6.41. The summed E-state index contributed by atoms with van der Waals surface area (Å²) in [5.74, 6) is -0.251.